The van der Waals surface area contributed by atoms with Gasteiger partial charge in [0.15, 0.2) is 5.76 Å². The number of carboxylic acid groups (broad SMARTS) is 1. The molecule has 8 nitrogen and oxygen atoms in total. The van der Waals surface area contributed by atoms with Gasteiger partial charge in [-0.3, -0.25) is 4.79 Å². The smallest absolute Gasteiger partial charge is 0.303 e. The van der Waals surface area contributed by atoms with Crippen molar-refractivity contribution < 1.29 is 19.5 Å². The SMILES string of the molecule is C[C@H](O)c1nccn1Cc1cc(-c2ccc(C#C[C@@H]3[C@H]4CN(CCCC(=O)O)C[C@@H]34)cc2)on1. The summed E-state index contributed by atoms with van der Waals surface area (Å²) >= 11 is 0. The van der Waals surface area contributed by atoms with Crippen LogP contribution < -0.4 is 0 Å². The summed E-state index contributed by atoms with van der Waals surface area (Å²) in [7, 11) is 0. The van der Waals surface area contributed by atoms with Crippen LogP contribution in [-0.2, 0) is 11.3 Å². The Bertz CT molecular complexity index is 1210. The molecule has 0 amide bonds. The number of benzene rings is 1. The van der Waals surface area contributed by atoms with Crippen molar-refractivity contribution in [1.82, 2.24) is 19.6 Å². The van der Waals surface area contributed by atoms with Crippen LogP contribution in [0.1, 0.15) is 43.0 Å². The van der Waals surface area contributed by atoms with Gasteiger partial charge in [0.1, 0.15) is 17.6 Å². The van der Waals surface area contributed by atoms with Crippen LogP contribution in [0.3, 0.4) is 0 Å². The first-order valence-corrected chi connectivity index (χ1v) is 11.7. The van der Waals surface area contributed by atoms with Gasteiger partial charge in [-0.1, -0.05) is 17.0 Å². The number of imidazole rings is 1. The standard InChI is InChI=1S/C26H28N4O4/c1-17(31)26-27-10-12-30(26)14-20-13-24(34-28-20)19-7-4-18(5-8-19)6-9-21-22-15-29(16-23(21)22)11-2-3-25(32)33/h4-5,7-8,10,12-13,17,21-23,31H,2-3,11,14-16H2,1H3,(H,32,33)/t17-,21-,22-,23+/m0/s1. The van der Waals surface area contributed by atoms with Gasteiger partial charge in [0.2, 0.25) is 0 Å². The summed E-state index contributed by atoms with van der Waals surface area (Å²) in [6.07, 6.45) is 3.80. The molecule has 34 heavy (non-hydrogen) atoms. The maximum Gasteiger partial charge on any atom is 0.303 e. The molecule has 4 atom stereocenters. The lowest BCUT2D eigenvalue weighted by Crippen LogP contribution is -2.25. The molecule has 8 heteroatoms. The Morgan fingerprint density at radius 1 is 1.26 bits per heavy atom. The summed E-state index contributed by atoms with van der Waals surface area (Å²) in [6, 6.07) is 9.89. The molecule has 5 rings (SSSR count). The van der Waals surface area contributed by atoms with Crippen molar-refractivity contribution in [2.75, 3.05) is 19.6 Å². The van der Waals surface area contributed by atoms with Crippen molar-refractivity contribution in [1.29, 1.82) is 0 Å². The quantitative estimate of drug-likeness (QED) is 0.498. The van der Waals surface area contributed by atoms with Gasteiger partial charge < -0.3 is 24.2 Å². The van der Waals surface area contributed by atoms with Crippen LogP contribution >= 0.6 is 0 Å². The Balaban J connectivity index is 1.14. The van der Waals surface area contributed by atoms with E-state index in [2.05, 4.69) is 26.9 Å². The molecule has 0 unspecified atom stereocenters. The number of carbonyl (C=O) groups is 1. The van der Waals surface area contributed by atoms with Crippen LogP contribution in [-0.4, -0.2) is 55.4 Å². The zero-order valence-corrected chi connectivity index (χ0v) is 19.1. The van der Waals surface area contributed by atoms with Crippen LogP contribution in [0.5, 0.6) is 0 Å². The van der Waals surface area contributed by atoms with Crippen molar-refractivity contribution in [3.05, 3.63) is 59.8 Å². The largest absolute Gasteiger partial charge is 0.481 e. The Hall–Kier alpha value is -3.41. The van der Waals surface area contributed by atoms with E-state index in [4.69, 9.17) is 9.63 Å². The van der Waals surface area contributed by atoms with Gasteiger partial charge in [-0.2, -0.15) is 0 Å². The van der Waals surface area contributed by atoms with Crippen molar-refractivity contribution >= 4 is 5.97 Å². The first kappa shape index (κ1) is 22.4. The lowest BCUT2D eigenvalue weighted by molar-refractivity contribution is -0.137. The summed E-state index contributed by atoms with van der Waals surface area (Å²) in [5.41, 5.74) is 2.67. The average molecular weight is 461 g/mol. The number of aromatic nitrogens is 3. The monoisotopic (exact) mass is 460 g/mol. The van der Waals surface area contributed by atoms with Gasteiger partial charge in [0.05, 0.1) is 6.54 Å². The van der Waals surface area contributed by atoms with Gasteiger partial charge >= 0.3 is 5.97 Å². The molecule has 0 radical (unpaired) electrons. The first-order chi connectivity index (χ1) is 16.5. The van der Waals surface area contributed by atoms with Crippen LogP contribution in [0.15, 0.2) is 47.2 Å². The van der Waals surface area contributed by atoms with E-state index in [-0.39, 0.29) is 6.42 Å². The molecule has 0 spiro atoms. The zero-order chi connectivity index (χ0) is 23.7. The van der Waals surface area contributed by atoms with Gasteiger partial charge in [0.25, 0.3) is 0 Å². The highest BCUT2D eigenvalue weighted by Crippen LogP contribution is 2.51. The fourth-order valence-corrected chi connectivity index (χ4v) is 4.87. The second-order valence-corrected chi connectivity index (χ2v) is 9.23. The third-order valence-corrected chi connectivity index (χ3v) is 6.70. The number of likely N-dealkylation sites (tertiary alicyclic amines) is 1. The van der Waals surface area contributed by atoms with Crippen LogP contribution in [0.4, 0.5) is 0 Å². The highest BCUT2D eigenvalue weighted by molar-refractivity contribution is 5.66. The fraction of sp³-hybridized carbons (Fsp3) is 0.423. The summed E-state index contributed by atoms with van der Waals surface area (Å²) in [5.74, 6) is 9.04. The van der Waals surface area contributed by atoms with E-state index >= 15 is 0 Å². The molecule has 1 saturated heterocycles. The summed E-state index contributed by atoms with van der Waals surface area (Å²) in [6.45, 7) is 5.11. The number of hydrogen-bond donors (Lipinski definition) is 2. The number of rotatable bonds is 8. The minimum absolute atomic E-state index is 0.245. The number of piperidine rings is 1. The molecular formula is C26H28N4O4. The summed E-state index contributed by atoms with van der Waals surface area (Å²) in [5, 5.41) is 22.7. The highest BCUT2D eigenvalue weighted by atomic mass is 16.5. The molecule has 2 fully saturated rings. The van der Waals surface area contributed by atoms with E-state index < -0.39 is 12.1 Å². The third-order valence-electron chi connectivity index (χ3n) is 6.70. The number of aliphatic carboxylic acids is 1. The first-order valence-electron chi connectivity index (χ1n) is 11.7. The molecule has 2 aromatic heterocycles. The minimum Gasteiger partial charge on any atom is -0.481 e. The number of carboxylic acids is 1. The highest BCUT2D eigenvalue weighted by Gasteiger charge is 2.54. The maximum atomic E-state index is 10.7. The maximum absolute atomic E-state index is 10.7. The topological polar surface area (TPSA) is 105 Å². The minimum atomic E-state index is -0.719. The summed E-state index contributed by atoms with van der Waals surface area (Å²) in [4.78, 5) is 17.2. The second kappa shape index (κ2) is 9.45. The predicted molar refractivity (Wildman–Crippen MR) is 125 cm³/mol. The van der Waals surface area contributed by atoms with Gasteiger partial charge in [-0.15, -0.1) is 0 Å². The Morgan fingerprint density at radius 2 is 2.03 bits per heavy atom. The molecule has 2 aliphatic rings. The number of fused-ring (bicyclic) bond motifs is 1. The molecule has 3 aromatic rings. The normalized spacial score (nSPS) is 22.1. The molecular weight excluding hydrogens is 432 g/mol. The van der Waals surface area contributed by atoms with E-state index in [1.165, 1.54) is 0 Å². The Morgan fingerprint density at radius 3 is 2.74 bits per heavy atom. The van der Waals surface area contributed by atoms with Crippen LogP contribution in [0.2, 0.25) is 0 Å². The van der Waals surface area contributed by atoms with E-state index in [0.717, 1.165) is 42.9 Å². The second-order valence-electron chi connectivity index (χ2n) is 9.23. The lowest BCUT2D eigenvalue weighted by Gasteiger charge is -2.17. The van der Waals surface area contributed by atoms with Crippen molar-refractivity contribution in [2.24, 2.45) is 17.8 Å². The molecule has 1 aliphatic carbocycles. The number of aliphatic hydroxyl groups excluding tert-OH is 1. The van der Waals surface area contributed by atoms with E-state index in [9.17, 15) is 9.90 Å². The fourth-order valence-electron chi connectivity index (χ4n) is 4.87. The van der Waals surface area contributed by atoms with Gasteiger partial charge in [0, 0.05) is 55.0 Å². The molecule has 1 aliphatic heterocycles. The molecule has 0 bridgehead atoms. The van der Waals surface area contributed by atoms with E-state index in [0.29, 0.717) is 35.9 Å². The van der Waals surface area contributed by atoms with Gasteiger partial charge in [-0.05, 0) is 56.0 Å². The Kier molecular flexibility index (Phi) is 6.22. The van der Waals surface area contributed by atoms with Crippen molar-refractivity contribution in [2.45, 2.75) is 32.4 Å². The number of hydrogen-bond acceptors (Lipinski definition) is 6. The van der Waals surface area contributed by atoms with Crippen molar-refractivity contribution in [3.63, 3.8) is 0 Å². The average Bonchev–Trinajstić information content (AvgIpc) is 3.30. The summed E-state index contributed by atoms with van der Waals surface area (Å²) < 4.78 is 7.38. The Labute approximate surface area is 198 Å². The number of aliphatic hydroxyl groups is 1. The van der Waals surface area contributed by atoms with Crippen LogP contribution in [0, 0.1) is 29.6 Å². The van der Waals surface area contributed by atoms with E-state index in [1.807, 2.05) is 41.1 Å². The molecule has 1 saturated carbocycles. The zero-order valence-electron chi connectivity index (χ0n) is 19.1. The lowest BCUT2D eigenvalue weighted by atomic mass is 10.1. The molecule has 176 valence electrons. The molecule has 2 N–H and O–H groups in total. The van der Waals surface area contributed by atoms with Crippen LogP contribution in [0.25, 0.3) is 11.3 Å². The molecule has 3 heterocycles. The predicted octanol–water partition coefficient (Wildman–Crippen LogP) is 3.03. The number of nitrogens with zero attached hydrogens (tertiary/aromatic N) is 4. The van der Waals surface area contributed by atoms with Gasteiger partial charge in [-0.25, -0.2) is 4.98 Å². The van der Waals surface area contributed by atoms with E-state index in [1.54, 1.807) is 13.1 Å². The molecule has 1 aromatic carbocycles. The third kappa shape index (κ3) is 4.91. The van der Waals surface area contributed by atoms with Crippen molar-refractivity contribution in [3.8, 4) is 23.2 Å².